The van der Waals surface area contributed by atoms with Gasteiger partial charge in [-0.05, 0) is 61.6 Å². The molecule has 6 nitrogen and oxygen atoms in total. The van der Waals surface area contributed by atoms with Crippen LogP contribution in [0.1, 0.15) is 53.2 Å². The van der Waals surface area contributed by atoms with E-state index in [4.69, 9.17) is 0 Å². The summed E-state index contributed by atoms with van der Waals surface area (Å²) >= 11 is 0. The first-order valence-corrected chi connectivity index (χ1v) is 10.6. The lowest BCUT2D eigenvalue weighted by Gasteiger charge is -2.20. The summed E-state index contributed by atoms with van der Waals surface area (Å²) in [7, 11) is 0. The molecule has 1 fully saturated rings. The van der Waals surface area contributed by atoms with Gasteiger partial charge in [0.2, 0.25) is 0 Å². The highest BCUT2D eigenvalue weighted by atomic mass is 19.4. The molecule has 34 heavy (non-hydrogen) atoms. The molecule has 1 heterocycles. The Balaban J connectivity index is 1.86. The molecular formula is C24H21F4NO5. The second-order valence-electron chi connectivity index (χ2n) is 8.39. The van der Waals surface area contributed by atoms with Crippen molar-refractivity contribution in [2.24, 2.45) is 5.92 Å². The van der Waals surface area contributed by atoms with E-state index in [2.05, 4.69) is 4.74 Å². The minimum absolute atomic E-state index is 0.0118. The molecule has 0 saturated heterocycles. The average molecular weight is 479 g/mol. The first-order chi connectivity index (χ1) is 16.0. The van der Waals surface area contributed by atoms with E-state index in [-0.39, 0.29) is 28.1 Å². The molecule has 1 unspecified atom stereocenters. The van der Waals surface area contributed by atoms with Crippen LogP contribution in [0.25, 0.3) is 10.9 Å². The zero-order valence-electron chi connectivity index (χ0n) is 18.0. The number of nitrogens with zero attached hydrogens (tertiary/aromatic N) is 1. The quantitative estimate of drug-likeness (QED) is 0.456. The van der Waals surface area contributed by atoms with E-state index in [9.17, 15) is 37.4 Å². The molecule has 1 aromatic heterocycles. The van der Waals surface area contributed by atoms with Crippen LogP contribution < -0.4 is 4.74 Å². The Morgan fingerprint density at radius 3 is 2.29 bits per heavy atom. The fourth-order valence-corrected chi connectivity index (χ4v) is 4.88. The lowest BCUT2D eigenvalue weighted by atomic mass is 9.83. The van der Waals surface area contributed by atoms with Crippen molar-refractivity contribution in [3.05, 3.63) is 59.0 Å². The third-order valence-electron chi connectivity index (χ3n) is 6.31. The lowest BCUT2D eigenvalue weighted by molar-refractivity contribution is -0.274. The topological polar surface area (TPSA) is 88.8 Å². The zero-order chi connectivity index (χ0) is 24.8. The summed E-state index contributed by atoms with van der Waals surface area (Å²) in [5.74, 6) is -5.11. The Morgan fingerprint density at radius 2 is 1.74 bits per heavy atom. The van der Waals surface area contributed by atoms with Crippen molar-refractivity contribution in [1.82, 2.24) is 4.57 Å². The third kappa shape index (κ3) is 4.32. The number of hydrogen-bond acceptors (Lipinski definition) is 4. The van der Waals surface area contributed by atoms with Gasteiger partial charge in [0.05, 0.1) is 11.4 Å². The molecule has 0 radical (unpaired) electrons. The fourth-order valence-electron chi connectivity index (χ4n) is 4.88. The number of aromatic hydroxyl groups is 1. The van der Waals surface area contributed by atoms with E-state index >= 15 is 0 Å². The highest BCUT2D eigenvalue weighted by Crippen LogP contribution is 2.43. The second kappa shape index (κ2) is 8.66. The molecule has 1 atom stereocenters. The van der Waals surface area contributed by atoms with Gasteiger partial charge in [-0.3, -0.25) is 14.2 Å². The van der Waals surface area contributed by atoms with Crippen molar-refractivity contribution in [3.63, 3.8) is 0 Å². The number of ether oxygens (including phenoxy) is 1. The number of alkyl halides is 3. The number of phenols is 1. The highest BCUT2D eigenvalue weighted by molar-refractivity contribution is 6.05. The average Bonchev–Trinajstić information content (AvgIpc) is 3.35. The number of halogens is 4. The molecule has 3 aromatic rings. The van der Waals surface area contributed by atoms with Gasteiger partial charge >= 0.3 is 12.3 Å². The van der Waals surface area contributed by atoms with Crippen molar-refractivity contribution in [3.8, 4) is 11.5 Å². The molecule has 0 bridgehead atoms. The summed E-state index contributed by atoms with van der Waals surface area (Å²) in [5.41, 5.74) is 0.630. The van der Waals surface area contributed by atoms with Gasteiger partial charge in [-0.1, -0.05) is 12.8 Å². The number of aromatic nitrogens is 1. The fraction of sp³-hybridized carbons (Fsp3) is 0.333. The van der Waals surface area contributed by atoms with Crippen LogP contribution >= 0.6 is 0 Å². The van der Waals surface area contributed by atoms with Gasteiger partial charge in [-0.25, -0.2) is 4.39 Å². The van der Waals surface area contributed by atoms with Crippen LogP contribution in [0.4, 0.5) is 17.6 Å². The highest BCUT2D eigenvalue weighted by Gasteiger charge is 2.37. The van der Waals surface area contributed by atoms with Crippen LogP contribution in [-0.2, 0) is 4.79 Å². The summed E-state index contributed by atoms with van der Waals surface area (Å²) < 4.78 is 56.6. The zero-order valence-corrected chi connectivity index (χ0v) is 18.0. The number of carbonyl (C=O) groups excluding carboxylic acids is 1. The van der Waals surface area contributed by atoms with Crippen LogP contribution in [0.5, 0.6) is 11.5 Å². The van der Waals surface area contributed by atoms with E-state index in [1.165, 1.54) is 6.92 Å². The predicted octanol–water partition coefficient (Wildman–Crippen LogP) is 5.74. The van der Waals surface area contributed by atoms with Crippen LogP contribution in [0.15, 0.2) is 36.4 Å². The monoisotopic (exact) mass is 479 g/mol. The molecule has 0 spiro atoms. The molecular weight excluding hydrogens is 458 g/mol. The first-order valence-electron chi connectivity index (χ1n) is 10.6. The number of aliphatic carboxylic acids is 1. The van der Waals surface area contributed by atoms with Gasteiger partial charge in [0, 0.05) is 22.7 Å². The number of benzene rings is 2. The maximum absolute atomic E-state index is 14.3. The van der Waals surface area contributed by atoms with Gasteiger partial charge in [0.1, 0.15) is 5.75 Å². The first kappa shape index (κ1) is 23.6. The Hall–Kier alpha value is -3.56. The lowest BCUT2D eigenvalue weighted by Crippen LogP contribution is -2.21. The van der Waals surface area contributed by atoms with Crippen LogP contribution in [-0.4, -0.2) is 33.0 Å². The molecule has 1 aliphatic carbocycles. The minimum Gasteiger partial charge on any atom is -0.505 e. The second-order valence-corrected chi connectivity index (χ2v) is 8.39. The van der Waals surface area contributed by atoms with E-state index in [1.807, 2.05) is 0 Å². The van der Waals surface area contributed by atoms with Crippen molar-refractivity contribution in [1.29, 1.82) is 0 Å². The number of hydrogen-bond donors (Lipinski definition) is 2. The van der Waals surface area contributed by atoms with Gasteiger partial charge in [-0.2, -0.15) is 0 Å². The number of rotatable bonds is 5. The number of phenolic OH excluding ortho intramolecular Hbond substituents is 1. The Labute approximate surface area is 191 Å². The maximum Gasteiger partial charge on any atom is 0.573 e. The molecule has 180 valence electrons. The summed E-state index contributed by atoms with van der Waals surface area (Å²) in [6, 6.07) is 6.30. The minimum atomic E-state index is -4.89. The van der Waals surface area contributed by atoms with Crippen LogP contribution in [0.3, 0.4) is 0 Å². The van der Waals surface area contributed by atoms with Crippen molar-refractivity contribution < 1.29 is 42.1 Å². The third-order valence-corrected chi connectivity index (χ3v) is 6.31. The van der Waals surface area contributed by atoms with E-state index in [0.717, 1.165) is 53.8 Å². The standard InChI is InChI=1S/C24H21F4NO5/c1-12-20(21(23(32)33)13-4-2-3-5-13)16-10-19(30)17(25)11-18(16)29(12)22(31)14-6-8-15(9-7-14)34-24(26,27)28/h6-11,13,21,30H,2-5H2,1H3,(H,32,33). The summed E-state index contributed by atoms with van der Waals surface area (Å²) in [5, 5.41) is 20.3. The Kier molecular flexibility index (Phi) is 6.01. The smallest absolute Gasteiger partial charge is 0.505 e. The van der Waals surface area contributed by atoms with Crippen LogP contribution in [0.2, 0.25) is 0 Å². The molecule has 0 amide bonds. The Morgan fingerprint density at radius 1 is 1.12 bits per heavy atom. The van der Waals surface area contributed by atoms with Crippen molar-refractivity contribution in [2.45, 2.75) is 44.9 Å². The van der Waals surface area contributed by atoms with Gasteiger partial charge in [0.25, 0.3) is 5.91 Å². The molecule has 2 aromatic carbocycles. The van der Waals surface area contributed by atoms with Gasteiger partial charge in [0.15, 0.2) is 11.6 Å². The van der Waals surface area contributed by atoms with E-state index < -0.39 is 41.5 Å². The molecule has 10 heteroatoms. The van der Waals surface area contributed by atoms with E-state index in [1.54, 1.807) is 0 Å². The summed E-state index contributed by atoms with van der Waals surface area (Å²) in [6.45, 7) is 1.54. The summed E-state index contributed by atoms with van der Waals surface area (Å²) in [4.78, 5) is 25.7. The maximum atomic E-state index is 14.3. The number of fused-ring (bicyclic) bond motifs is 1. The Bertz CT molecular complexity index is 1260. The van der Waals surface area contributed by atoms with Crippen molar-refractivity contribution in [2.75, 3.05) is 0 Å². The normalized spacial score (nSPS) is 15.6. The molecule has 0 aliphatic heterocycles. The molecule has 2 N–H and O–H groups in total. The predicted molar refractivity (Wildman–Crippen MR) is 113 cm³/mol. The van der Waals surface area contributed by atoms with E-state index in [0.29, 0.717) is 18.4 Å². The van der Waals surface area contributed by atoms with Crippen molar-refractivity contribution >= 4 is 22.8 Å². The van der Waals surface area contributed by atoms with Gasteiger partial charge in [-0.15, -0.1) is 13.2 Å². The largest absolute Gasteiger partial charge is 0.573 e. The number of carboxylic acid groups (broad SMARTS) is 1. The SMILES string of the molecule is Cc1c(C(C(=O)O)C2CCCC2)c2cc(O)c(F)cc2n1C(=O)c1ccc(OC(F)(F)F)cc1. The number of carboxylic acids is 1. The van der Waals surface area contributed by atoms with Crippen LogP contribution in [0, 0.1) is 18.7 Å². The molecule has 1 aliphatic rings. The van der Waals surface area contributed by atoms with Gasteiger partial charge < -0.3 is 14.9 Å². The molecule has 4 rings (SSSR count). The molecule has 1 saturated carbocycles. The summed E-state index contributed by atoms with van der Waals surface area (Å²) in [6.07, 6.45) is -1.77. The number of carbonyl (C=O) groups is 2.